The van der Waals surface area contributed by atoms with Gasteiger partial charge in [0.2, 0.25) is 0 Å². The molecular weight excluding hydrogens is 358 g/mol. The minimum atomic E-state index is -4.19. The Morgan fingerprint density at radius 3 is 1.50 bits per heavy atom. The Labute approximate surface area is 143 Å². The van der Waals surface area contributed by atoms with Crippen LogP contribution < -0.4 is 4.66 Å². The second kappa shape index (κ2) is 14.5. The molecule has 1 rings (SSSR count). The maximum atomic E-state index is 8.83. The molecule has 0 saturated heterocycles. The van der Waals surface area contributed by atoms with Crippen molar-refractivity contribution in [2.45, 2.75) is 26.7 Å². The molecule has 0 saturated carbocycles. The first-order chi connectivity index (χ1) is 9.80. The van der Waals surface area contributed by atoms with Gasteiger partial charge in [-0.15, -0.1) is 13.1 Å². The molecule has 0 bridgehead atoms. The van der Waals surface area contributed by atoms with Crippen molar-refractivity contribution in [2.75, 3.05) is 39.3 Å². The molecule has 0 aromatic rings. The number of rotatable bonds is 0. The summed E-state index contributed by atoms with van der Waals surface area (Å²) in [7, 11) is -4.19. The first-order valence-corrected chi connectivity index (χ1v) is 8.08. The molecular formula is C12H25ClN4NiO4. The molecule has 1 aliphatic heterocycles. The van der Waals surface area contributed by atoms with E-state index in [1.807, 2.05) is 13.8 Å². The third-order valence-electron chi connectivity index (χ3n) is 2.59. The van der Waals surface area contributed by atoms with E-state index in [0.717, 1.165) is 63.5 Å². The molecule has 10 heteroatoms. The Morgan fingerprint density at radius 1 is 0.864 bits per heavy atom. The molecule has 22 heavy (non-hydrogen) atoms. The van der Waals surface area contributed by atoms with Crippen molar-refractivity contribution in [3.05, 3.63) is 10.6 Å². The Bertz CT molecular complexity index is 306. The van der Waals surface area contributed by atoms with Crippen molar-refractivity contribution in [1.29, 1.82) is 0 Å². The summed E-state index contributed by atoms with van der Waals surface area (Å²) in [4.78, 5) is 8.99. The molecule has 0 spiro atoms. The fourth-order valence-corrected chi connectivity index (χ4v) is 1.45. The average molecular weight is 384 g/mol. The predicted molar refractivity (Wildman–Crippen MR) is 78.0 cm³/mol. The Morgan fingerprint density at radius 2 is 1.18 bits per heavy atom. The van der Waals surface area contributed by atoms with Crippen molar-refractivity contribution >= 4 is 11.4 Å². The normalized spacial score (nSPS) is 19.4. The Hall–Kier alpha value is -0.116. The summed E-state index contributed by atoms with van der Waals surface area (Å²) in [5.74, 6) is 0. The van der Waals surface area contributed by atoms with Crippen molar-refractivity contribution in [1.82, 2.24) is 0 Å². The SMILES string of the molecule is CC1=NCCC[N-]CC[N-]CCCN=C1C.[Ni+2].[O-][Cl+](O)(O)O. The summed E-state index contributed by atoms with van der Waals surface area (Å²) in [5, 5.41) is 8.82. The topological polar surface area (TPSA) is 137 Å². The summed E-state index contributed by atoms with van der Waals surface area (Å²) in [6, 6.07) is 0. The zero-order chi connectivity index (χ0) is 16.1. The van der Waals surface area contributed by atoms with Gasteiger partial charge < -0.3 is 10.6 Å². The third kappa shape index (κ3) is 19.9. The Kier molecular flexibility index (Phi) is 15.9. The van der Waals surface area contributed by atoms with E-state index in [-0.39, 0.29) is 16.5 Å². The molecule has 3 N–H and O–H groups in total. The van der Waals surface area contributed by atoms with Gasteiger partial charge in [-0.3, -0.25) is 9.98 Å². The number of hydrogen-bond acceptors (Lipinski definition) is 6. The van der Waals surface area contributed by atoms with Gasteiger partial charge in [0.25, 0.3) is 0 Å². The summed E-state index contributed by atoms with van der Waals surface area (Å²) in [5.41, 5.74) is 2.13. The maximum absolute atomic E-state index is 8.83. The van der Waals surface area contributed by atoms with Crippen molar-refractivity contribution in [2.24, 2.45) is 9.98 Å². The molecule has 1 aliphatic rings. The second-order valence-electron chi connectivity index (χ2n) is 4.42. The van der Waals surface area contributed by atoms with Gasteiger partial charge in [0.1, 0.15) is 0 Å². The van der Waals surface area contributed by atoms with Crippen LogP contribution in [0.2, 0.25) is 0 Å². The van der Waals surface area contributed by atoms with Gasteiger partial charge in [-0.2, -0.15) is 13.1 Å². The van der Waals surface area contributed by atoms with Crippen LogP contribution in [0.4, 0.5) is 0 Å². The monoisotopic (exact) mass is 382 g/mol. The van der Waals surface area contributed by atoms with Crippen LogP contribution in [0.3, 0.4) is 0 Å². The third-order valence-corrected chi connectivity index (χ3v) is 2.59. The van der Waals surface area contributed by atoms with Crippen LogP contribution in [-0.2, 0) is 16.5 Å². The van der Waals surface area contributed by atoms with E-state index in [0.29, 0.717) is 0 Å². The Balaban J connectivity index is 0. The van der Waals surface area contributed by atoms with Crippen LogP contribution in [0, 0.1) is 10.2 Å². The molecule has 0 radical (unpaired) electrons. The molecule has 0 aromatic heterocycles. The van der Waals surface area contributed by atoms with E-state index < -0.39 is 10.2 Å². The second-order valence-corrected chi connectivity index (χ2v) is 5.28. The van der Waals surface area contributed by atoms with Gasteiger partial charge in [-0.25, -0.2) is 0 Å². The van der Waals surface area contributed by atoms with Crippen molar-refractivity contribution < 1.29 is 45.4 Å². The minimum absolute atomic E-state index is 0. The fraction of sp³-hybridized carbons (Fsp3) is 0.833. The van der Waals surface area contributed by atoms with Crippen LogP contribution in [0.25, 0.3) is 10.6 Å². The zero-order valence-corrected chi connectivity index (χ0v) is 14.6. The van der Waals surface area contributed by atoms with E-state index in [2.05, 4.69) is 20.6 Å². The van der Waals surface area contributed by atoms with Gasteiger partial charge in [0.15, 0.2) is 0 Å². The van der Waals surface area contributed by atoms with E-state index in [1.54, 1.807) is 0 Å². The van der Waals surface area contributed by atoms with E-state index in [1.165, 1.54) is 0 Å². The van der Waals surface area contributed by atoms with Gasteiger partial charge in [-0.05, 0) is 13.8 Å². The molecule has 8 nitrogen and oxygen atoms in total. The van der Waals surface area contributed by atoms with Crippen LogP contribution in [0.15, 0.2) is 9.98 Å². The van der Waals surface area contributed by atoms with Gasteiger partial charge in [0.05, 0.1) is 11.4 Å². The molecule has 1 heterocycles. The van der Waals surface area contributed by atoms with E-state index in [9.17, 15) is 0 Å². The summed E-state index contributed by atoms with van der Waals surface area (Å²) >= 11 is 0. The molecule has 134 valence electrons. The van der Waals surface area contributed by atoms with Crippen LogP contribution in [0.5, 0.6) is 0 Å². The van der Waals surface area contributed by atoms with Crippen LogP contribution >= 0.6 is 0 Å². The standard InChI is InChI=1S/C12H22N4.ClH3O4.Ni/c1-11-12(2)16-8-4-6-14-10-9-13-5-3-7-15-11;2-1(3,4)5;/h3-10H2,1-2H3;2-4H;/q-2;;+2. The van der Waals surface area contributed by atoms with Crippen LogP contribution in [-0.4, -0.2) is 64.7 Å². The summed E-state index contributed by atoms with van der Waals surface area (Å²) < 4.78 is 30.2. The molecule has 0 atom stereocenters. The quantitative estimate of drug-likeness (QED) is 0.490. The first kappa shape index (κ1) is 24.1. The molecule has 0 unspecified atom stereocenters. The number of nitrogens with zero attached hydrogens (tertiary/aromatic N) is 4. The average Bonchev–Trinajstić information content (AvgIpc) is 2.36. The fourth-order valence-electron chi connectivity index (χ4n) is 1.45. The van der Waals surface area contributed by atoms with Gasteiger partial charge >= 0.3 is 45.4 Å². The summed E-state index contributed by atoms with van der Waals surface area (Å²) in [6.45, 7) is 9.33. The predicted octanol–water partition coefficient (Wildman–Crippen LogP) is -0.413. The number of aliphatic imine (C=N–C) groups is 2. The number of halogens is 1. The van der Waals surface area contributed by atoms with Crippen molar-refractivity contribution in [3.8, 4) is 0 Å². The molecule has 0 aromatic carbocycles. The van der Waals surface area contributed by atoms with Gasteiger partial charge in [0, 0.05) is 13.1 Å². The van der Waals surface area contributed by atoms with Crippen LogP contribution in [0.1, 0.15) is 26.7 Å². The summed E-state index contributed by atoms with van der Waals surface area (Å²) in [6.07, 6.45) is 2.06. The van der Waals surface area contributed by atoms with Gasteiger partial charge in [-0.1, -0.05) is 12.8 Å². The molecule has 0 fully saturated rings. The zero-order valence-electron chi connectivity index (χ0n) is 12.9. The van der Waals surface area contributed by atoms with E-state index in [4.69, 9.17) is 18.6 Å². The molecule has 0 aliphatic carbocycles. The van der Waals surface area contributed by atoms with E-state index >= 15 is 0 Å². The first-order valence-electron chi connectivity index (χ1n) is 6.76. The number of hydrogen-bond donors (Lipinski definition) is 3. The molecule has 0 amide bonds. The van der Waals surface area contributed by atoms with Crippen molar-refractivity contribution in [3.63, 3.8) is 0 Å².